The predicted octanol–water partition coefficient (Wildman–Crippen LogP) is 1.27. The average molecular weight is 335 g/mol. The Morgan fingerprint density at radius 3 is 2.29 bits per heavy atom. The molecule has 2 N–H and O–H groups in total. The van der Waals surface area contributed by atoms with E-state index in [9.17, 15) is 0 Å². The zero-order valence-electron chi connectivity index (χ0n) is 14.2. The fraction of sp³-hybridized carbons (Fsp3) is 1.00. The molecule has 1 fully saturated rings. The first-order chi connectivity index (χ1) is 10.2. The van der Waals surface area contributed by atoms with Crippen LogP contribution in [-0.2, 0) is 13.3 Å². The third kappa shape index (κ3) is 7.36. The van der Waals surface area contributed by atoms with Crippen molar-refractivity contribution in [3.8, 4) is 0 Å². The molecule has 5 nitrogen and oxygen atoms in total. The van der Waals surface area contributed by atoms with Crippen LogP contribution in [0.1, 0.15) is 39.0 Å². The van der Waals surface area contributed by atoms with Crippen molar-refractivity contribution in [1.82, 2.24) is 10.3 Å². The second kappa shape index (κ2) is 10.9. The van der Waals surface area contributed by atoms with Gasteiger partial charge < -0.3 is 23.6 Å². The highest BCUT2D eigenvalue weighted by Crippen LogP contribution is 2.17. The van der Waals surface area contributed by atoms with E-state index in [1.165, 1.54) is 38.1 Å². The van der Waals surface area contributed by atoms with Crippen LogP contribution in [-0.4, -0.2) is 58.4 Å². The molecule has 0 aromatic carbocycles. The highest BCUT2D eigenvalue weighted by atomic mass is 28.4. The second-order valence-corrected chi connectivity index (χ2v) is 10.6. The minimum absolute atomic E-state index is 0.232. The van der Waals surface area contributed by atoms with Crippen LogP contribution in [0.2, 0.25) is 12.1 Å². The molecule has 1 aliphatic rings. The van der Waals surface area contributed by atoms with E-state index in [0.717, 1.165) is 18.6 Å². The van der Waals surface area contributed by atoms with Gasteiger partial charge in [-0.15, -0.1) is 0 Å². The molecule has 0 bridgehead atoms. The summed E-state index contributed by atoms with van der Waals surface area (Å²) in [6.07, 6.45) is 6.98. The van der Waals surface area contributed by atoms with E-state index in [1.807, 2.05) is 0 Å². The fourth-order valence-corrected chi connectivity index (χ4v) is 6.40. The number of hydrogen-bond acceptors (Lipinski definition) is 5. The normalized spacial score (nSPS) is 19.4. The predicted molar refractivity (Wildman–Crippen MR) is 92.4 cm³/mol. The van der Waals surface area contributed by atoms with Crippen molar-refractivity contribution in [2.45, 2.75) is 63.2 Å². The van der Waals surface area contributed by atoms with Crippen LogP contribution in [0.15, 0.2) is 0 Å². The van der Waals surface area contributed by atoms with Gasteiger partial charge in [0.25, 0.3) is 0 Å². The van der Waals surface area contributed by atoms with Gasteiger partial charge in [-0.25, -0.2) is 0 Å². The average Bonchev–Trinajstić information content (AvgIpc) is 2.53. The van der Waals surface area contributed by atoms with Gasteiger partial charge in [-0.3, -0.25) is 0 Å². The summed E-state index contributed by atoms with van der Waals surface area (Å²) in [6.45, 7) is 3.36. The van der Waals surface area contributed by atoms with Crippen molar-refractivity contribution in [1.29, 1.82) is 0 Å². The Kier molecular flexibility index (Phi) is 9.99. The third-order valence-electron chi connectivity index (χ3n) is 4.37. The number of rotatable bonds is 11. The molecule has 21 heavy (non-hydrogen) atoms. The highest BCUT2D eigenvalue weighted by Gasteiger charge is 2.39. The summed E-state index contributed by atoms with van der Waals surface area (Å²) in [6, 6.07) is 3.31. The molecule has 126 valence electrons. The lowest BCUT2D eigenvalue weighted by Gasteiger charge is -2.27. The van der Waals surface area contributed by atoms with E-state index >= 15 is 0 Å². The van der Waals surface area contributed by atoms with Crippen LogP contribution in [0.3, 0.4) is 0 Å². The first kappa shape index (κ1) is 19.3. The largest absolute Gasteiger partial charge is 0.501 e. The van der Waals surface area contributed by atoms with Gasteiger partial charge in [0.1, 0.15) is 0 Å². The summed E-state index contributed by atoms with van der Waals surface area (Å²) in [7, 11) is 2.37. The summed E-state index contributed by atoms with van der Waals surface area (Å²) in [5, 5.41) is 3.71. The van der Waals surface area contributed by atoms with Crippen molar-refractivity contribution in [3.63, 3.8) is 0 Å². The molecule has 0 aromatic heterocycles. The maximum atomic E-state index is 5.47. The van der Waals surface area contributed by atoms with E-state index in [4.69, 9.17) is 13.3 Å². The Hall–Kier alpha value is 0.234. The number of hydrogen-bond donors (Lipinski definition) is 2. The minimum atomic E-state index is -2.43. The van der Waals surface area contributed by atoms with Gasteiger partial charge >= 0.3 is 8.80 Å². The molecule has 0 aliphatic heterocycles. The van der Waals surface area contributed by atoms with Crippen molar-refractivity contribution in [3.05, 3.63) is 0 Å². The Balaban J connectivity index is 2.08. The van der Waals surface area contributed by atoms with Gasteiger partial charge in [-0.05, 0) is 25.4 Å². The van der Waals surface area contributed by atoms with Gasteiger partial charge in [0.2, 0.25) is 0 Å². The molecule has 1 saturated carbocycles. The Morgan fingerprint density at radius 1 is 1.10 bits per heavy atom. The molecule has 0 spiro atoms. The zero-order valence-corrected chi connectivity index (χ0v) is 16.7. The molecule has 1 rings (SSSR count). The van der Waals surface area contributed by atoms with Crippen LogP contribution in [0, 0.1) is 0 Å². The molecular weight excluding hydrogens is 300 g/mol. The summed E-state index contributed by atoms with van der Waals surface area (Å²) < 4.78 is 16.4. The van der Waals surface area contributed by atoms with E-state index in [2.05, 4.69) is 17.2 Å². The maximum Gasteiger partial charge on any atom is 0.501 e. The summed E-state index contributed by atoms with van der Waals surface area (Å²) in [5.74, 6) is 0. The molecule has 7 heteroatoms. The smallest absolute Gasteiger partial charge is 0.377 e. The van der Waals surface area contributed by atoms with Crippen molar-refractivity contribution < 1.29 is 13.3 Å². The summed E-state index contributed by atoms with van der Waals surface area (Å²) in [5.41, 5.74) is 0. The second-order valence-electron chi connectivity index (χ2n) is 6.00. The molecule has 0 saturated heterocycles. The molecule has 0 heterocycles. The molecule has 0 radical (unpaired) electrons. The van der Waals surface area contributed by atoms with Crippen molar-refractivity contribution in [2.24, 2.45) is 0 Å². The first-order valence-electron chi connectivity index (χ1n) is 8.28. The maximum absolute atomic E-state index is 5.47. The summed E-state index contributed by atoms with van der Waals surface area (Å²) in [4.78, 5) is 3.67. The van der Waals surface area contributed by atoms with Gasteiger partial charge in [0.05, 0.1) is 9.68 Å². The van der Waals surface area contributed by atoms with Crippen molar-refractivity contribution >= 4 is 18.5 Å². The molecule has 1 unspecified atom stereocenters. The monoisotopic (exact) mass is 334 g/mol. The molecule has 0 amide bonds. The van der Waals surface area contributed by atoms with E-state index in [0.29, 0.717) is 6.04 Å². The minimum Gasteiger partial charge on any atom is -0.377 e. The molecular formula is C14H34N2O3Si2. The quantitative estimate of drug-likeness (QED) is 0.440. The lowest BCUT2D eigenvalue weighted by atomic mass is 9.96. The van der Waals surface area contributed by atoms with E-state index in [-0.39, 0.29) is 9.68 Å². The SMILES string of the molecule is CO[Si](CC(C)N[SiH2]CCNC1CCCCC1)(OC)OC. The lowest BCUT2D eigenvalue weighted by molar-refractivity contribution is 0.121. The first-order valence-corrected chi connectivity index (χ1v) is 11.9. The Labute approximate surface area is 133 Å². The topological polar surface area (TPSA) is 51.8 Å². The van der Waals surface area contributed by atoms with Crippen LogP contribution < -0.4 is 10.3 Å². The van der Waals surface area contributed by atoms with Gasteiger partial charge in [-0.2, -0.15) is 0 Å². The van der Waals surface area contributed by atoms with Crippen molar-refractivity contribution in [2.75, 3.05) is 27.9 Å². The summed E-state index contributed by atoms with van der Waals surface area (Å²) >= 11 is 0. The van der Waals surface area contributed by atoms with Gasteiger partial charge in [-0.1, -0.05) is 26.2 Å². The zero-order chi connectivity index (χ0) is 15.6. The standard InChI is InChI=1S/C14H34N2O3Si2/c1-13(12-21(17-2,18-3)19-4)16-20-11-10-15-14-8-6-5-7-9-14/h13-16H,5-12,20H2,1-4H3. The molecule has 1 aliphatic carbocycles. The molecule has 0 aromatic rings. The van der Waals surface area contributed by atoms with Gasteiger partial charge in [0, 0.05) is 39.5 Å². The Morgan fingerprint density at radius 2 is 1.71 bits per heavy atom. The Bertz CT molecular complexity index is 254. The van der Waals surface area contributed by atoms with E-state index in [1.54, 1.807) is 21.3 Å². The van der Waals surface area contributed by atoms with Crippen LogP contribution >= 0.6 is 0 Å². The third-order valence-corrected chi connectivity index (χ3v) is 9.04. The highest BCUT2D eigenvalue weighted by molar-refractivity contribution is 6.60. The number of nitrogens with one attached hydrogen (secondary N) is 2. The van der Waals surface area contributed by atoms with Crippen LogP contribution in [0.25, 0.3) is 0 Å². The molecule has 1 atom stereocenters. The van der Waals surface area contributed by atoms with Crippen LogP contribution in [0.5, 0.6) is 0 Å². The van der Waals surface area contributed by atoms with E-state index < -0.39 is 8.80 Å². The van der Waals surface area contributed by atoms with Crippen LogP contribution in [0.4, 0.5) is 0 Å². The fourth-order valence-electron chi connectivity index (χ4n) is 3.00. The lowest BCUT2D eigenvalue weighted by Crippen LogP contribution is -2.48. The van der Waals surface area contributed by atoms with Gasteiger partial charge in [0.15, 0.2) is 0 Å².